The van der Waals surface area contributed by atoms with Crippen LogP contribution in [0.15, 0.2) is 54.6 Å². The summed E-state index contributed by atoms with van der Waals surface area (Å²) in [6.07, 6.45) is 11.3. The molecule has 1 unspecified atom stereocenters. The van der Waals surface area contributed by atoms with Gasteiger partial charge in [-0.3, -0.25) is 0 Å². The summed E-state index contributed by atoms with van der Waals surface area (Å²) < 4.78 is 15.2. The van der Waals surface area contributed by atoms with Crippen molar-refractivity contribution in [2.45, 2.75) is 44.8 Å². The van der Waals surface area contributed by atoms with E-state index in [1.54, 1.807) is 6.20 Å². The molecule has 116 valence electrons. The SMILES string of the molecule is CC1=CC[C@H](NC(Cn2ccnc2)c2ccc(F)cc2)CC1. The Hall–Kier alpha value is -1.94. The van der Waals surface area contributed by atoms with E-state index in [1.165, 1.54) is 17.7 Å². The second-order valence-electron chi connectivity index (χ2n) is 6.05. The maximum Gasteiger partial charge on any atom is 0.123 e. The Morgan fingerprint density at radius 2 is 2.18 bits per heavy atom. The first kappa shape index (κ1) is 15.0. The summed E-state index contributed by atoms with van der Waals surface area (Å²) in [6.45, 7) is 2.99. The van der Waals surface area contributed by atoms with Crippen LogP contribution >= 0.6 is 0 Å². The molecule has 0 spiro atoms. The zero-order valence-electron chi connectivity index (χ0n) is 12.9. The average molecular weight is 299 g/mol. The second kappa shape index (κ2) is 6.88. The Bertz CT molecular complexity index is 616. The molecule has 1 aliphatic carbocycles. The number of allylic oxidation sites excluding steroid dienone is 1. The zero-order valence-corrected chi connectivity index (χ0v) is 12.9. The highest BCUT2D eigenvalue weighted by Crippen LogP contribution is 2.22. The number of imidazole rings is 1. The van der Waals surface area contributed by atoms with E-state index in [4.69, 9.17) is 0 Å². The average Bonchev–Trinajstić information content (AvgIpc) is 3.03. The minimum Gasteiger partial charge on any atom is -0.336 e. The first-order chi connectivity index (χ1) is 10.7. The van der Waals surface area contributed by atoms with Crippen molar-refractivity contribution in [1.29, 1.82) is 0 Å². The van der Waals surface area contributed by atoms with Crippen LogP contribution in [0.2, 0.25) is 0 Å². The lowest BCUT2D eigenvalue weighted by atomic mass is 9.94. The summed E-state index contributed by atoms with van der Waals surface area (Å²) in [5.41, 5.74) is 2.59. The maximum atomic E-state index is 13.2. The minimum absolute atomic E-state index is 0.159. The van der Waals surface area contributed by atoms with Gasteiger partial charge in [0.1, 0.15) is 5.82 Å². The van der Waals surface area contributed by atoms with Crippen LogP contribution in [-0.4, -0.2) is 15.6 Å². The molecule has 1 aliphatic rings. The van der Waals surface area contributed by atoms with Crippen molar-refractivity contribution in [2.75, 3.05) is 0 Å². The third kappa shape index (κ3) is 3.83. The van der Waals surface area contributed by atoms with Crippen LogP contribution in [0.5, 0.6) is 0 Å². The van der Waals surface area contributed by atoms with E-state index in [-0.39, 0.29) is 11.9 Å². The van der Waals surface area contributed by atoms with Gasteiger partial charge in [-0.1, -0.05) is 23.8 Å². The van der Waals surface area contributed by atoms with Gasteiger partial charge in [0, 0.05) is 25.0 Å². The summed E-state index contributed by atoms with van der Waals surface area (Å²) in [5.74, 6) is -0.193. The van der Waals surface area contributed by atoms with E-state index < -0.39 is 0 Å². The van der Waals surface area contributed by atoms with Gasteiger partial charge in [0.15, 0.2) is 0 Å². The van der Waals surface area contributed by atoms with Crippen molar-refractivity contribution >= 4 is 0 Å². The summed E-state index contributed by atoms with van der Waals surface area (Å²) in [5, 5.41) is 3.73. The van der Waals surface area contributed by atoms with Gasteiger partial charge in [0.2, 0.25) is 0 Å². The van der Waals surface area contributed by atoms with Gasteiger partial charge in [-0.15, -0.1) is 0 Å². The van der Waals surface area contributed by atoms with Crippen molar-refractivity contribution in [2.24, 2.45) is 0 Å². The van der Waals surface area contributed by atoms with Gasteiger partial charge in [-0.05, 0) is 43.9 Å². The van der Waals surface area contributed by atoms with Crippen LogP contribution in [0.25, 0.3) is 0 Å². The minimum atomic E-state index is -0.193. The van der Waals surface area contributed by atoms with Crippen LogP contribution in [0.3, 0.4) is 0 Å². The molecule has 1 aromatic heterocycles. The van der Waals surface area contributed by atoms with Gasteiger partial charge in [0.05, 0.1) is 12.4 Å². The molecule has 0 aliphatic heterocycles. The highest BCUT2D eigenvalue weighted by Gasteiger charge is 2.19. The molecule has 1 heterocycles. The number of halogens is 1. The van der Waals surface area contributed by atoms with Crippen molar-refractivity contribution in [1.82, 2.24) is 14.9 Å². The lowest BCUT2D eigenvalue weighted by Crippen LogP contribution is -2.35. The topological polar surface area (TPSA) is 29.9 Å². The lowest BCUT2D eigenvalue weighted by Gasteiger charge is -2.28. The van der Waals surface area contributed by atoms with E-state index in [0.29, 0.717) is 6.04 Å². The molecule has 1 N–H and O–H groups in total. The van der Waals surface area contributed by atoms with Crippen LogP contribution < -0.4 is 5.32 Å². The molecule has 4 heteroatoms. The van der Waals surface area contributed by atoms with Gasteiger partial charge in [-0.25, -0.2) is 9.37 Å². The molecular weight excluding hydrogens is 277 g/mol. The Balaban J connectivity index is 1.75. The van der Waals surface area contributed by atoms with E-state index in [2.05, 4.69) is 27.9 Å². The first-order valence-corrected chi connectivity index (χ1v) is 7.83. The molecule has 2 atom stereocenters. The number of rotatable bonds is 5. The molecule has 1 aromatic carbocycles. The lowest BCUT2D eigenvalue weighted by molar-refractivity contribution is 0.373. The molecule has 0 fully saturated rings. The van der Waals surface area contributed by atoms with Gasteiger partial charge in [-0.2, -0.15) is 0 Å². The Labute approximate surface area is 130 Å². The Kier molecular flexibility index (Phi) is 4.68. The number of nitrogens with one attached hydrogen (secondary N) is 1. The van der Waals surface area contributed by atoms with Crippen molar-refractivity contribution < 1.29 is 4.39 Å². The molecule has 22 heavy (non-hydrogen) atoms. The fraction of sp³-hybridized carbons (Fsp3) is 0.389. The number of hydrogen-bond donors (Lipinski definition) is 1. The van der Waals surface area contributed by atoms with E-state index in [9.17, 15) is 4.39 Å². The van der Waals surface area contributed by atoms with Gasteiger partial charge < -0.3 is 9.88 Å². The molecule has 2 aromatic rings. The zero-order chi connectivity index (χ0) is 15.4. The summed E-state index contributed by atoms with van der Waals surface area (Å²) in [4.78, 5) is 4.11. The molecule has 3 nitrogen and oxygen atoms in total. The van der Waals surface area contributed by atoms with Crippen LogP contribution in [0, 0.1) is 5.82 Å². The fourth-order valence-electron chi connectivity index (χ4n) is 2.96. The normalized spacial score (nSPS) is 19.7. The number of hydrogen-bond acceptors (Lipinski definition) is 2. The summed E-state index contributed by atoms with van der Waals surface area (Å²) >= 11 is 0. The molecule has 0 bridgehead atoms. The predicted molar refractivity (Wildman–Crippen MR) is 85.9 cm³/mol. The van der Waals surface area contributed by atoms with Gasteiger partial charge in [0.25, 0.3) is 0 Å². The summed E-state index contributed by atoms with van der Waals surface area (Å²) in [7, 11) is 0. The molecule has 0 amide bonds. The van der Waals surface area contributed by atoms with E-state index in [0.717, 1.165) is 31.4 Å². The molecule has 0 saturated heterocycles. The number of benzene rings is 1. The smallest absolute Gasteiger partial charge is 0.123 e. The standard InChI is InChI=1S/C18H22FN3/c1-14-2-8-17(9-3-14)21-18(12-22-11-10-20-13-22)15-4-6-16(19)7-5-15/h2,4-7,10-11,13,17-18,21H,3,8-9,12H2,1H3/t17-,18?/m0/s1. The highest BCUT2D eigenvalue weighted by atomic mass is 19.1. The monoisotopic (exact) mass is 299 g/mol. The number of nitrogens with zero attached hydrogens (tertiary/aromatic N) is 2. The summed E-state index contributed by atoms with van der Waals surface area (Å²) in [6, 6.07) is 7.43. The van der Waals surface area contributed by atoms with Crippen LogP contribution in [0.4, 0.5) is 4.39 Å². The fourth-order valence-corrected chi connectivity index (χ4v) is 2.96. The number of aromatic nitrogens is 2. The first-order valence-electron chi connectivity index (χ1n) is 7.83. The van der Waals surface area contributed by atoms with Crippen LogP contribution in [0.1, 0.15) is 37.8 Å². The van der Waals surface area contributed by atoms with Gasteiger partial charge >= 0.3 is 0 Å². The highest BCUT2D eigenvalue weighted by molar-refractivity contribution is 5.20. The van der Waals surface area contributed by atoms with Crippen molar-refractivity contribution in [3.05, 3.63) is 66.0 Å². The molecular formula is C18H22FN3. The molecule has 0 radical (unpaired) electrons. The van der Waals surface area contributed by atoms with Crippen molar-refractivity contribution in [3.8, 4) is 0 Å². The predicted octanol–water partition coefficient (Wildman–Crippen LogP) is 3.85. The molecule has 3 rings (SSSR count). The molecule has 0 saturated carbocycles. The van der Waals surface area contributed by atoms with E-state index in [1.807, 2.05) is 24.7 Å². The quantitative estimate of drug-likeness (QED) is 0.850. The second-order valence-corrected chi connectivity index (χ2v) is 6.05. The third-order valence-corrected chi connectivity index (χ3v) is 4.30. The Morgan fingerprint density at radius 1 is 1.36 bits per heavy atom. The van der Waals surface area contributed by atoms with E-state index >= 15 is 0 Å². The van der Waals surface area contributed by atoms with Crippen LogP contribution in [-0.2, 0) is 6.54 Å². The largest absolute Gasteiger partial charge is 0.336 e. The third-order valence-electron chi connectivity index (χ3n) is 4.30. The maximum absolute atomic E-state index is 13.2. The van der Waals surface area contributed by atoms with Crippen molar-refractivity contribution in [3.63, 3.8) is 0 Å². The Morgan fingerprint density at radius 3 is 2.82 bits per heavy atom.